The number of piperidine rings is 2. The molecule has 0 atom stereocenters. The van der Waals surface area contributed by atoms with E-state index in [1.54, 1.807) is 60.9 Å². The van der Waals surface area contributed by atoms with Crippen LogP contribution in [0.1, 0.15) is 37.1 Å². The third-order valence-electron chi connectivity index (χ3n) is 9.83. The van der Waals surface area contributed by atoms with Crippen molar-refractivity contribution >= 4 is 35.1 Å². The summed E-state index contributed by atoms with van der Waals surface area (Å²) >= 11 is 0. The molecule has 2 aromatic heterocycles. The summed E-state index contributed by atoms with van der Waals surface area (Å²) in [6.07, 6.45) is 9.58. The van der Waals surface area contributed by atoms with Crippen LogP contribution in [-0.2, 0) is 41.7 Å². The highest BCUT2D eigenvalue weighted by atomic mass is 16.6. The first-order valence-corrected chi connectivity index (χ1v) is 19.1. The van der Waals surface area contributed by atoms with Crippen LogP contribution in [0.15, 0.2) is 82.9 Å². The standard InChI is InChI=1S/C40H46N8O10/c49-35(45-29-5-1-3-7-33(29)55-23-27-9-17-47(18-10-27)21-31-37(51)43-15-13-41-31)25-57-39(53)40(54)58-26-36(50)46-30-6-2-4-8-34(30)56-24-28-11-19-48(20-12-28)22-32-38(52)44-16-14-42-32/h1-8,13-16,27-28H,9-12,17-26H2,(H,43,51)(H,44,52)(H,45,49)(H,46,50). The summed E-state index contributed by atoms with van der Waals surface area (Å²) in [6.45, 7) is 3.36. The number of hydrogen-bond donors (Lipinski definition) is 4. The number of carbonyl (C=O) groups is 4. The Hall–Kier alpha value is -6.40. The summed E-state index contributed by atoms with van der Waals surface area (Å²) in [5.41, 5.74) is 1.31. The number of carbonyl (C=O) groups excluding carboxylic acids is 4. The quantitative estimate of drug-likeness (QED) is 0.0941. The van der Waals surface area contributed by atoms with Gasteiger partial charge in [-0.2, -0.15) is 0 Å². The predicted molar refractivity (Wildman–Crippen MR) is 209 cm³/mol. The molecule has 0 radical (unpaired) electrons. The normalized spacial score (nSPS) is 15.2. The Morgan fingerprint density at radius 3 is 1.41 bits per heavy atom. The van der Waals surface area contributed by atoms with Crippen molar-refractivity contribution < 1.29 is 38.1 Å². The maximum atomic E-state index is 12.6. The number of para-hydroxylation sites is 4. The molecule has 2 aliphatic rings. The minimum Gasteiger partial charge on any atom is -0.491 e. The van der Waals surface area contributed by atoms with E-state index in [1.807, 2.05) is 0 Å². The topological polar surface area (TPSA) is 227 Å². The van der Waals surface area contributed by atoms with Gasteiger partial charge in [0.15, 0.2) is 13.2 Å². The smallest absolute Gasteiger partial charge is 0.418 e. The summed E-state index contributed by atoms with van der Waals surface area (Å²) in [6, 6.07) is 13.6. The van der Waals surface area contributed by atoms with E-state index < -0.39 is 37.0 Å². The molecule has 0 unspecified atom stereocenters. The van der Waals surface area contributed by atoms with E-state index in [0.717, 1.165) is 51.9 Å². The average Bonchev–Trinajstić information content (AvgIpc) is 3.24. The van der Waals surface area contributed by atoms with Crippen LogP contribution in [0.5, 0.6) is 11.5 Å². The minimum atomic E-state index is -1.44. The molecule has 2 saturated heterocycles. The van der Waals surface area contributed by atoms with E-state index in [-0.39, 0.29) is 23.0 Å². The van der Waals surface area contributed by atoms with Gasteiger partial charge in [-0.05, 0) is 88.0 Å². The fraction of sp³-hybridized carbons (Fsp3) is 0.400. The number of benzene rings is 2. The van der Waals surface area contributed by atoms with Gasteiger partial charge in [0, 0.05) is 37.9 Å². The summed E-state index contributed by atoms with van der Waals surface area (Å²) in [7, 11) is 0. The number of ether oxygens (including phenoxy) is 4. The molecular formula is C40H46N8O10. The Kier molecular flexibility index (Phi) is 14.7. The molecule has 2 aromatic carbocycles. The van der Waals surface area contributed by atoms with Gasteiger partial charge in [0.05, 0.1) is 24.6 Å². The van der Waals surface area contributed by atoms with Crippen LogP contribution in [0.25, 0.3) is 0 Å². The number of H-pyrrole nitrogens is 2. The highest BCUT2D eigenvalue weighted by molar-refractivity contribution is 6.30. The highest BCUT2D eigenvalue weighted by Crippen LogP contribution is 2.28. The molecular weight excluding hydrogens is 752 g/mol. The van der Waals surface area contributed by atoms with E-state index in [1.165, 1.54) is 12.4 Å². The van der Waals surface area contributed by atoms with Crippen molar-refractivity contribution in [1.82, 2.24) is 29.7 Å². The molecule has 4 heterocycles. The molecule has 18 nitrogen and oxygen atoms in total. The molecule has 306 valence electrons. The number of nitrogens with one attached hydrogen (secondary N) is 4. The number of esters is 2. The lowest BCUT2D eigenvalue weighted by atomic mass is 9.97. The zero-order chi connectivity index (χ0) is 40.7. The van der Waals surface area contributed by atoms with Crippen LogP contribution in [0.2, 0.25) is 0 Å². The van der Waals surface area contributed by atoms with Gasteiger partial charge in [0.1, 0.15) is 22.9 Å². The Morgan fingerprint density at radius 1 is 0.621 bits per heavy atom. The first kappa shape index (κ1) is 41.2. The van der Waals surface area contributed by atoms with Crippen molar-refractivity contribution in [1.29, 1.82) is 0 Å². The van der Waals surface area contributed by atoms with Crippen LogP contribution in [0.3, 0.4) is 0 Å². The van der Waals surface area contributed by atoms with Crippen molar-refractivity contribution in [3.63, 3.8) is 0 Å². The molecule has 2 aliphatic heterocycles. The summed E-state index contributed by atoms with van der Waals surface area (Å²) in [5.74, 6) is -2.91. The lowest BCUT2D eigenvalue weighted by Crippen LogP contribution is -2.36. The number of nitrogens with zero attached hydrogens (tertiary/aromatic N) is 4. The average molecular weight is 799 g/mol. The van der Waals surface area contributed by atoms with E-state index in [2.05, 4.69) is 40.4 Å². The minimum absolute atomic E-state index is 0.189. The molecule has 2 amide bonds. The maximum Gasteiger partial charge on any atom is 0.418 e. The van der Waals surface area contributed by atoms with Crippen molar-refractivity contribution in [3.8, 4) is 11.5 Å². The number of likely N-dealkylation sites (tertiary alicyclic amines) is 2. The molecule has 0 saturated carbocycles. The second-order valence-corrected chi connectivity index (χ2v) is 14.0. The molecule has 4 N–H and O–H groups in total. The SMILES string of the molecule is O=C(COC(=O)C(=O)OCC(=O)Nc1ccccc1OCC1CCN(Cc2ncc[nH]c2=O)CC1)Nc1ccccc1OCC1CCN(Cc2ncc[nH]c2=O)CC1. The van der Waals surface area contributed by atoms with Gasteiger partial charge in [-0.1, -0.05) is 24.3 Å². The van der Waals surface area contributed by atoms with Crippen molar-refractivity contribution in [3.05, 3.63) is 105 Å². The zero-order valence-electron chi connectivity index (χ0n) is 31.9. The van der Waals surface area contributed by atoms with Gasteiger partial charge in [-0.25, -0.2) is 9.59 Å². The number of aromatic nitrogens is 4. The van der Waals surface area contributed by atoms with Crippen molar-refractivity contribution in [2.24, 2.45) is 11.8 Å². The summed E-state index contributed by atoms with van der Waals surface area (Å²) in [5, 5.41) is 5.25. The molecule has 4 aromatic rings. The molecule has 18 heteroatoms. The third kappa shape index (κ3) is 12.3. The number of rotatable bonds is 16. The molecule has 6 rings (SSSR count). The summed E-state index contributed by atoms with van der Waals surface area (Å²) < 4.78 is 21.7. The van der Waals surface area contributed by atoms with E-state index in [9.17, 15) is 28.8 Å². The number of anilines is 2. The molecule has 0 aliphatic carbocycles. The molecule has 58 heavy (non-hydrogen) atoms. The monoisotopic (exact) mass is 798 g/mol. The number of hydrogen-bond acceptors (Lipinski definition) is 14. The van der Waals surface area contributed by atoms with Crippen LogP contribution in [0, 0.1) is 11.8 Å². The zero-order valence-corrected chi connectivity index (χ0v) is 31.9. The predicted octanol–water partition coefficient (Wildman–Crippen LogP) is 2.10. The van der Waals surface area contributed by atoms with Crippen LogP contribution >= 0.6 is 0 Å². The van der Waals surface area contributed by atoms with Gasteiger partial charge in [-0.15, -0.1) is 0 Å². The van der Waals surface area contributed by atoms with E-state index in [4.69, 9.17) is 18.9 Å². The second-order valence-electron chi connectivity index (χ2n) is 14.0. The van der Waals surface area contributed by atoms with Gasteiger partial charge in [-0.3, -0.25) is 38.9 Å². The van der Waals surface area contributed by atoms with Crippen LogP contribution in [0.4, 0.5) is 11.4 Å². The Bertz CT molecular complexity index is 1990. The Morgan fingerprint density at radius 2 is 1.02 bits per heavy atom. The first-order chi connectivity index (χ1) is 28.2. The highest BCUT2D eigenvalue weighted by Gasteiger charge is 2.24. The molecule has 2 fully saturated rings. The van der Waals surface area contributed by atoms with Gasteiger partial charge < -0.3 is 39.5 Å². The van der Waals surface area contributed by atoms with Gasteiger partial charge >= 0.3 is 11.9 Å². The second kappa shape index (κ2) is 20.7. The molecule has 0 spiro atoms. The van der Waals surface area contributed by atoms with E-state index >= 15 is 0 Å². The van der Waals surface area contributed by atoms with Gasteiger partial charge in [0.2, 0.25) is 0 Å². The Balaban J connectivity index is 0.865. The van der Waals surface area contributed by atoms with Gasteiger partial charge in [0.25, 0.3) is 22.9 Å². The Labute approximate surface area is 333 Å². The largest absolute Gasteiger partial charge is 0.491 e. The third-order valence-corrected chi connectivity index (χ3v) is 9.83. The number of aromatic amines is 2. The fourth-order valence-corrected chi connectivity index (χ4v) is 6.59. The van der Waals surface area contributed by atoms with Crippen molar-refractivity contribution in [2.75, 3.05) is 63.2 Å². The fourth-order valence-electron chi connectivity index (χ4n) is 6.59. The van der Waals surface area contributed by atoms with Crippen LogP contribution < -0.4 is 31.2 Å². The molecule has 0 bridgehead atoms. The lowest BCUT2D eigenvalue weighted by Gasteiger charge is -2.31. The van der Waals surface area contributed by atoms with Crippen molar-refractivity contribution in [2.45, 2.75) is 38.8 Å². The first-order valence-electron chi connectivity index (χ1n) is 19.1. The van der Waals surface area contributed by atoms with Crippen LogP contribution in [-0.4, -0.2) is 106 Å². The summed E-state index contributed by atoms with van der Waals surface area (Å²) in [4.78, 5) is 91.7. The van der Waals surface area contributed by atoms with E-state index in [0.29, 0.717) is 60.6 Å². The lowest BCUT2D eigenvalue weighted by molar-refractivity contribution is -0.168. The number of amides is 2. The maximum absolute atomic E-state index is 12.6.